The molecule has 5 nitrogen and oxygen atoms in total. The standard InChI is InChI=1S/C19H20ClN3O2/c1-25-8-6-13-3-2-4-14(9-13)12-22-19(24)23-15-10-17(20)16-5-7-21-18(16)11-15/h2-5,7,9-11,21H,6,8,12H2,1H3,(H2,22,23,24). The summed E-state index contributed by atoms with van der Waals surface area (Å²) in [5.41, 5.74) is 3.76. The molecule has 0 aliphatic rings. The van der Waals surface area contributed by atoms with E-state index in [4.69, 9.17) is 16.3 Å². The molecule has 130 valence electrons. The number of anilines is 1. The van der Waals surface area contributed by atoms with Crippen LogP contribution in [0.1, 0.15) is 11.1 Å². The first kappa shape index (κ1) is 17.3. The van der Waals surface area contributed by atoms with Crippen molar-refractivity contribution in [3.05, 3.63) is 64.8 Å². The van der Waals surface area contributed by atoms with Gasteiger partial charge in [0.2, 0.25) is 0 Å². The topological polar surface area (TPSA) is 66.2 Å². The maximum atomic E-state index is 12.1. The molecule has 0 atom stereocenters. The van der Waals surface area contributed by atoms with Crippen molar-refractivity contribution in [3.63, 3.8) is 0 Å². The second-order valence-corrected chi connectivity index (χ2v) is 6.17. The second-order valence-electron chi connectivity index (χ2n) is 5.77. The molecule has 1 heterocycles. The summed E-state index contributed by atoms with van der Waals surface area (Å²) in [5, 5.41) is 7.20. The predicted molar refractivity (Wildman–Crippen MR) is 101 cm³/mol. The molecule has 25 heavy (non-hydrogen) atoms. The molecule has 0 fully saturated rings. The van der Waals surface area contributed by atoms with Crippen LogP contribution in [0.2, 0.25) is 5.02 Å². The summed E-state index contributed by atoms with van der Waals surface area (Å²) in [5.74, 6) is 0. The second kappa shape index (κ2) is 8.05. The average Bonchev–Trinajstić information content (AvgIpc) is 3.08. The van der Waals surface area contributed by atoms with Gasteiger partial charge in [-0.05, 0) is 35.7 Å². The molecule has 1 aromatic heterocycles. The van der Waals surface area contributed by atoms with E-state index in [2.05, 4.69) is 27.8 Å². The maximum absolute atomic E-state index is 12.1. The number of carbonyl (C=O) groups excluding carboxylic acids is 1. The van der Waals surface area contributed by atoms with E-state index >= 15 is 0 Å². The minimum atomic E-state index is -0.274. The number of nitrogens with one attached hydrogen (secondary N) is 3. The first-order valence-corrected chi connectivity index (χ1v) is 8.42. The summed E-state index contributed by atoms with van der Waals surface area (Å²) >= 11 is 6.22. The summed E-state index contributed by atoms with van der Waals surface area (Å²) in [4.78, 5) is 15.2. The Bertz CT molecular complexity index is 876. The van der Waals surface area contributed by atoms with E-state index < -0.39 is 0 Å². The molecule has 0 saturated heterocycles. The number of aromatic amines is 1. The number of hydrogen-bond donors (Lipinski definition) is 3. The number of fused-ring (bicyclic) bond motifs is 1. The van der Waals surface area contributed by atoms with Gasteiger partial charge in [-0.3, -0.25) is 0 Å². The SMILES string of the molecule is COCCc1cccc(CNC(=O)Nc2cc(Cl)c3cc[nH]c3c2)c1. The Morgan fingerprint density at radius 1 is 1.20 bits per heavy atom. The van der Waals surface area contributed by atoms with Crippen LogP contribution < -0.4 is 10.6 Å². The number of benzene rings is 2. The van der Waals surface area contributed by atoms with Crippen LogP contribution in [-0.2, 0) is 17.7 Å². The van der Waals surface area contributed by atoms with Gasteiger partial charge in [-0.1, -0.05) is 35.9 Å². The Morgan fingerprint density at radius 2 is 2.04 bits per heavy atom. The van der Waals surface area contributed by atoms with Crippen molar-refractivity contribution < 1.29 is 9.53 Å². The van der Waals surface area contributed by atoms with Crippen molar-refractivity contribution >= 4 is 34.2 Å². The van der Waals surface area contributed by atoms with E-state index in [-0.39, 0.29) is 6.03 Å². The molecular formula is C19H20ClN3O2. The summed E-state index contributed by atoms with van der Waals surface area (Å²) < 4.78 is 5.09. The minimum Gasteiger partial charge on any atom is -0.384 e. The summed E-state index contributed by atoms with van der Waals surface area (Å²) in [6, 6.07) is 13.3. The Labute approximate surface area is 151 Å². The van der Waals surface area contributed by atoms with Crippen molar-refractivity contribution in [2.24, 2.45) is 0 Å². The first-order valence-electron chi connectivity index (χ1n) is 8.04. The molecule has 0 aliphatic heterocycles. The van der Waals surface area contributed by atoms with E-state index in [1.807, 2.05) is 30.5 Å². The zero-order valence-corrected chi connectivity index (χ0v) is 14.7. The number of methoxy groups -OCH3 is 1. The Kier molecular flexibility index (Phi) is 5.58. The van der Waals surface area contributed by atoms with Crippen molar-refractivity contribution in [1.82, 2.24) is 10.3 Å². The van der Waals surface area contributed by atoms with Gasteiger partial charge in [0.15, 0.2) is 0 Å². The van der Waals surface area contributed by atoms with E-state index in [1.165, 1.54) is 5.56 Å². The maximum Gasteiger partial charge on any atom is 0.319 e. The van der Waals surface area contributed by atoms with Gasteiger partial charge in [-0.15, -0.1) is 0 Å². The fraction of sp³-hybridized carbons (Fsp3) is 0.211. The summed E-state index contributed by atoms with van der Waals surface area (Å²) in [6.45, 7) is 1.13. The van der Waals surface area contributed by atoms with Crippen molar-refractivity contribution in [2.45, 2.75) is 13.0 Å². The smallest absolute Gasteiger partial charge is 0.319 e. The van der Waals surface area contributed by atoms with Crippen LogP contribution in [0.25, 0.3) is 10.9 Å². The van der Waals surface area contributed by atoms with Crippen LogP contribution >= 0.6 is 11.6 Å². The predicted octanol–water partition coefficient (Wildman–Crippen LogP) is 4.33. The lowest BCUT2D eigenvalue weighted by molar-refractivity contribution is 0.202. The van der Waals surface area contributed by atoms with E-state index in [0.717, 1.165) is 22.9 Å². The average molecular weight is 358 g/mol. The highest BCUT2D eigenvalue weighted by atomic mass is 35.5. The molecule has 0 bridgehead atoms. The Hall–Kier alpha value is -2.50. The lowest BCUT2D eigenvalue weighted by Crippen LogP contribution is -2.28. The molecule has 0 aliphatic carbocycles. The quantitative estimate of drug-likeness (QED) is 0.614. The van der Waals surface area contributed by atoms with Gasteiger partial charge < -0.3 is 20.4 Å². The van der Waals surface area contributed by atoms with Gasteiger partial charge in [-0.25, -0.2) is 4.79 Å². The number of carbonyl (C=O) groups is 1. The zero-order valence-electron chi connectivity index (χ0n) is 13.9. The van der Waals surface area contributed by atoms with Gasteiger partial charge in [0.1, 0.15) is 0 Å². The third-order valence-electron chi connectivity index (χ3n) is 3.92. The fourth-order valence-corrected chi connectivity index (χ4v) is 2.95. The normalized spacial score (nSPS) is 10.8. The summed E-state index contributed by atoms with van der Waals surface area (Å²) in [7, 11) is 1.69. The van der Waals surface area contributed by atoms with Crippen LogP contribution in [0.15, 0.2) is 48.7 Å². The lowest BCUT2D eigenvalue weighted by atomic mass is 10.1. The Morgan fingerprint density at radius 3 is 2.88 bits per heavy atom. The number of urea groups is 1. The number of hydrogen-bond acceptors (Lipinski definition) is 2. The van der Waals surface area contributed by atoms with E-state index in [1.54, 1.807) is 13.2 Å². The number of amides is 2. The van der Waals surface area contributed by atoms with E-state index in [9.17, 15) is 4.79 Å². The van der Waals surface area contributed by atoms with Crippen molar-refractivity contribution in [3.8, 4) is 0 Å². The van der Waals surface area contributed by atoms with Gasteiger partial charge in [0.05, 0.1) is 11.6 Å². The lowest BCUT2D eigenvalue weighted by Gasteiger charge is -2.10. The molecule has 0 spiro atoms. The molecule has 3 N–H and O–H groups in total. The zero-order chi connectivity index (χ0) is 17.6. The van der Waals surface area contributed by atoms with Crippen LogP contribution in [0.4, 0.5) is 10.5 Å². The van der Waals surface area contributed by atoms with Gasteiger partial charge in [0, 0.05) is 36.4 Å². The van der Waals surface area contributed by atoms with E-state index in [0.29, 0.717) is 23.9 Å². The monoisotopic (exact) mass is 357 g/mol. The largest absolute Gasteiger partial charge is 0.384 e. The molecule has 2 amide bonds. The van der Waals surface area contributed by atoms with Crippen molar-refractivity contribution in [1.29, 1.82) is 0 Å². The van der Waals surface area contributed by atoms with Crippen LogP contribution in [0.5, 0.6) is 0 Å². The first-order chi connectivity index (χ1) is 12.2. The fourth-order valence-electron chi connectivity index (χ4n) is 2.67. The van der Waals surface area contributed by atoms with Crippen LogP contribution in [-0.4, -0.2) is 24.7 Å². The van der Waals surface area contributed by atoms with Gasteiger partial charge in [-0.2, -0.15) is 0 Å². The molecular weight excluding hydrogens is 338 g/mol. The highest BCUT2D eigenvalue weighted by molar-refractivity contribution is 6.35. The molecule has 6 heteroatoms. The summed E-state index contributed by atoms with van der Waals surface area (Å²) in [6.07, 6.45) is 2.67. The molecule has 0 unspecified atom stereocenters. The molecule has 0 saturated carbocycles. The number of rotatable bonds is 6. The number of aromatic nitrogens is 1. The molecule has 2 aromatic carbocycles. The van der Waals surface area contributed by atoms with Gasteiger partial charge >= 0.3 is 6.03 Å². The minimum absolute atomic E-state index is 0.274. The third-order valence-corrected chi connectivity index (χ3v) is 4.23. The molecule has 3 aromatic rings. The molecule has 3 rings (SSSR count). The van der Waals surface area contributed by atoms with Crippen molar-refractivity contribution in [2.75, 3.05) is 19.0 Å². The molecule has 0 radical (unpaired) electrons. The van der Waals surface area contributed by atoms with Crippen LogP contribution in [0, 0.1) is 0 Å². The number of H-pyrrole nitrogens is 1. The van der Waals surface area contributed by atoms with Crippen LogP contribution in [0.3, 0.4) is 0 Å². The highest BCUT2D eigenvalue weighted by Gasteiger charge is 2.07. The number of halogens is 1. The highest BCUT2D eigenvalue weighted by Crippen LogP contribution is 2.26. The number of ether oxygens (including phenoxy) is 1. The van der Waals surface area contributed by atoms with Gasteiger partial charge in [0.25, 0.3) is 0 Å². The third kappa shape index (κ3) is 4.53. The Balaban J connectivity index is 1.58.